The van der Waals surface area contributed by atoms with Crippen LogP contribution in [0.2, 0.25) is 0 Å². The molecule has 1 aromatic carbocycles. The molecule has 4 N–H and O–H groups in total. The maximum absolute atomic E-state index is 12.3. The van der Waals surface area contributed by atoms with E-state index in [4.69, 9.17) is 5.73 Å². The summed E-state index contributed by atoms with van der Waals surface area (Å²) in [5.41, 5.74) is 3.36. The van der Waals surface area contributed by atoms with Crippen LogP contribution >= 0.6 is 0 Å². The number of nitrogens with one attached hydrogen (secondary N) is 2. The molecule has 1 aromatic rings. The Labute approximate surface area is 121 Å². The number of sulfonamides is 1. The van der Waals surface area contributed by atoms with Gasteiger partial charge in [-0.25, -0.2) is 8.42 Å². The Morgan fingerprint density at radius 2 is 1.95 bits per heavy atom. The molecule has 0 atom stereocenters. The van der Waals surface area contributed by atoms with Crippen molar-refractivity contribution >= 4 is 27.3 Å². The van der Waals surface area contributed by atoms with Crippen molar-refractivity contribution in [1.82, 2.24) is 4.72 Å². The quantitative estimate of drug-likeness (QED) is 0.504. The maximum atomic E-state index is 12.3. The fraction of sp³-hybridized carbons (Fsp3) is 0.364. The van der Waals surface area contributed by atoms with Gasteiger partial charge in [0, 0.05) is 19.2 Å². The van der Waals surface area contributed by atoms with Crippen molar-refractivity contribution in [3.8, 4) is 0 Å². The van der Waals surface area contributed by atoms with E-state index in [1.54, 1.807) is 0 Å². The van der Waals surface area contributed by atoms with Crippen LogP contribution in [-0.2, 0) is 14.8 Å². The van der Waals surface area contributed by atoms with Crippen molar-refractivity contribution < 1.29 is 18.1 Å². The van der Waals surface area contributed by atoms with Gasteiger partial charge in [-0.05, 0) is 19.9 Å². The maximum Gasteiger partial charge on any atom is 0.270 e. The summed E-state index contributed by atoms with van der Waals surface area (Å²) in [6.45, 7) is 2.59. The van der Waals surface area contributed by atoms with Crippen molar-refractivity contribution in [3.05, 3.63) is 28.3 Å². The average Bonchev–Trinajstić information content (AvgIpc) is 2.36. The summed E-state index contributed by atoms with van der Waals surface area (Å²) in [7, 11) is -2.71. The first-order valence-corrected chi connectivity index (χ1v) is 7.29. The number of primary amides is 1. The van der Waals surface area contributed by atoms with Crippen LogP contribution in [0.15, 0.2) is 23.1 Å². The van der Waals surface area contributed by atoms with Crippen LogP contribution in [0.4, 0.5) is 11.4 Å². The normalized spacial score (nSPS) is 12.0. The number of non-ortho nitro benzene ring substituents is 1. The summed E-state index contributed by atoms with van der Waals surface area (Å²) in [6.07, 6.45) is 0. The number of anilines is 1. The molecule has 0 fully saturated rings. The molecule has 1 rings (SSSR count). The lowest BCUT2D eigenvalue weighted by Crippen LogP contribution is -2.52. The molecule has 0 aliphatic carbocycles. The number of hydrogen-bond donors (Lipinski definition) is 3. The van der Waals surface area contributed by atoms with Gasteiger partial charge in [0.25, 0.3) is 5.69 Å². The number of nitrogens with two attached hydrogens (primary N) is 1. The summed E-state index contributed by atoms with van der Waals surface area (Å²) in [5, 5.41) is 13.4. The monoisotopic (exact) mass is 316 g/mol. The number of rotatable bonds is 6. The zero-order valence-corrected chi connectivity index (χ0v) is 12.5. The lowest BCUT2D eigenvalue weighted by Gasteiger charge is -2.22. The van der Waals surface area contributed by atoms with Gasteiger partial charge in [0.05, 0.1) is 10.6 Å². The molecule has 0 unspecified atom stereocenters. The summed E-state index contributed by atoms with van der Waals surface area (Å²) in [4.78, 5) is 21.0. The summed E-state index contributed by atoms with van der Waals surface area (Å²) >= 11 is 0. The Bertz CT molecular complexity index is 684. The SMILES string of the molecule is CNc1ccc([N+](=O)[O-])cc1S(=O)(=O)NC(C)(C)C(N)=O. The summed E-state index contributed by atoms with van der Waals surface area (Å²) < 4.78 is 26.8. The molecular formula is C11H16N4O5S. The predicted molar refractivity (Wildman–Crippen MR) is 76.2 cm³/mol. The predicted octanol–water partition coefficient (Wildman–Crippen LogP) is 0.179. The number of nitrogens with zero attached hydrogens (tertiary/aromatic N) is 1. The molecule has 0 saturated carbocycles. The van der Waals surface area contributed by atoms with Crippen molar-refractivity contribution in [1.29, 1.82) is 0 Å². The van der Waals surface area contributed by atoms with Crippen molar-refractivity contribution in [3.63, 3.8) is 0 Å². The second-order valence-corrected chi connectivity index (χ2v) is 6.43. The van der Waals surface area contributed by atoms with Gasteiger partial charge in [0.1, 0.15) is 10.4 Å². The Morgan fingerprint density at radius 3 is 2.38 bits per heavy atom. The number of nitro groups is 1. The van der Waals surface area contributed by atoms with E-state index in [0.717, 1.165) is 6.07 Å². The lowest BCUT2D eigenvalue weighted by molar-refractivity contribution is -0.385. The van der Waals surface area contributed by atoms with Gasteiger partial charge in [-0.3, -0.25) is 14.9 Å². The fourth-order valence-electron chi connectivity index (χ4n) is 1.49. The number of carbonyl (C=O) groups excluding carboxylic acids is 1. The van der Waals surface area contributed by atoms with Crippen LogP contribution in [0.1, 0.15) is 13.8 Å². The Morgan fingerprint density at radius 1 is 1.38 bits per heavy atom. The van der Waals surface area contributed by atoms with Gasteiger partial charge in [0.15, 0.2) is 0 Å². The third-order valence-corrected chi connectivity index (χ3v) is 4.44. The number of carbonyl (C=O) groups is 1. The molecular weight excluding hydrogens is 300 g/mol. The second kappa shape index (κ2) is 5.66. The van der Waals surface area contributed by atoms with E-state index in [1.807, 2.05) is 0 Å². The van der Waals surface area contributed by atoms with Gasteiger partial charge >= 0.3 is 0 Å². The molecule has 0 aliphatic heterocycles. The van der Waals surface area contributed by atoms with E-state index in [2.05, 4.69) is 10.0 Å². The molecule has 0 heterocycles. The van der Waals surface area contributed by atoms with Crippen molar-refractivity contribution in [2.75, 3.05) is 12.4 Å². The number of hydrogen-bond acceptors (Lipinski definition) is 6. The van der Waals surface area contributed by atoms with Crippen LogP contribution in [0.3, 0.4) is 0 Å². The standard InChI is InChI=1S/C11H16N4O5S/c1-11(2,10(12)16)14-21(19,20)9-6-7(15(17)18)4-5-8(9)13-3/h4-6,13-14H,1-3H3,(H2,12,16). The first-order valence-electron chi connectivity index (χ1n) is 5.81. The van der Waals surface area contributed by atoms with Crippen molar-refractivity contribution in [2.24, 2.45) is 5.73 Å². The highest BCUT2D eigenvalue weighted by atomic mass is 32.2. The highest BCUT2D eigenvalue weighted by molar-refractivity contribution is 7.89. The number of amides is 1. The average molecular weight is 316 g/mol. The molecule has 10 heteroatoms. The first-order chi connectivity index (χ1) is 9.51. The highest BCUT2D eigenvalue weighted by Crippen LogP contribution is 2.26. The topological polar surface area (TPSA) is 144 Å². The van der Waals surface area contributed by atoms with E-state index in [1.165, 1.54) is 33.0 Å². The Hall–Kier alpha value is -2.20. The molecule has 0 bridgehead atoms. The van der Waals surface area contributed by atoms with E-state index in [-0.39, 0.29) is 16.3 Å². The van der Waals surface area contributed by atoms with Crippen LogP contribution < -0.4 is 15.8 Å². The van der Waals surface area contributed by atoms with Crippen LogP contribution in [0.5, 0.6) is 0 Å². The lowest BCUT2D eigenvalue weighted by atomic mass is 10.1. The van der Waals surface area contributed by atoms with Gasteiger partial charge in [-0.1, -0.05) is 0 Å². The zero-order chi connectivity index (χ0) is 16.4. The second-order valence-electron chi connectivity index (χ2n) is 4.78. The molecule has 9 nitrogen and oxygen atoms in total. The van der Waals surface area contributed by atoms with E-state index < -0.39 is 26.4 Å². The molecule has 0 saturated heterocycles. The molecule has 0 radical (unpaired) electrons. The minimum Gasteiger partial charge on any atom is -0.387 e. The summed E-state index contributed by atoms with van der Waals surface area (Å²) in [6, 6.07) is 3.35. The Kier molecular flexibility index (Phi) is 4.54. The molecule has 116 valence electrons. The zero-order valence-electron chi connectivity index (χ0n) is 11.7. The Balaban J connectivity index is 3.39. The van der Waals surface area contributed by atoms with Crippen LogP contribution in [-0.4, -0.2) is 31.8 Å². The van der Waals surface area contributed by atoms with E-state index in [0.29, 0.717) is 0 Å². The largest absolute Gasteiger partial charge is 0.387 e. The van der Waals surface area contributed by atoms with Crippen molar-refractivity contribution in [2.45, 2.75) is 24.3 Å². The smallest absolute Gasteiger partial charge is 0.270 e. The van der Waals surface area contributed by atoms with Crippen LogP contribution in [0.25, 0.3) is 0 Å². The van der Waals surface area contributed by atoms with E-state index >= 15 is 0 Å². The fourth-order valence-corrected chi connectivity index (χ4v) is 3.11. The minimum absolute atomic E-state index is 0.161. The van der Waals surface area contributed by atoms with Crippen LogP contribution in [0, 0.1) is 10.1 Å². The van der Waals surface area contributed by atoms with E-state index in [9.17, 15) is 23.3 Å². The molecule has 21 heavy (non-hydrogen) atoms. The first kappa shape index (κ1) is 16.9. The molecule has 1 amide bonds. The number of benzene rings is 1. The third-order valence-electron chi connectivity index (χ3n) is 2.74. The summed E-state index contributed by atoms with van der Waals surface area (Å²) in [5.74, 6) is -0.873. The van der Waals surface area contributed by atoms with Gasteiger partial charge in [0.2, 0.25) is 15.9 Å². The van der Waals surface area contributed by atoms with Gasteiger partial charge in [-0.15, -0.1) is 0 Å². The minimum atomic E-state index is -4.18. The highest BCUT2D eigenvalue weighted by Gasteiger charge is 2.33. The van der Waals surface area contributed by atoms with Gasteiger partial charge < -0.3 is 11.1 Å². The van der Waals surface area contributed by atoms with Gasteiger partial charge in [-0.2, -0.15) is 4.72 Å². The molecule has 0 aliphatic rings. The molecule has 0 aromatic heterocycles. The molecule has 0 spiro atoms. The number of nitro benzene ring substituents is 1. The third kappa shape index (κ3) is 3.67.